The summed E-state index contributed by atoms with van der Waals surface area (Å²) in [6, 6.07) is 7.68. The summed E-state index contributed by atoms with van der Waals surface area (Å²) >= 11 is 0. The molecule has 138 valence electrons. The Bertz CT molecular complexity index is 598. The van der Waals surface area contributed by atoms with Gasteiger partial charge in [-0.1, -0.05) is 12.1 Å². The average Bonchev–Trinajstić information content (AvgIpc) is 3.44. The number of carbonyl (C=O) groups is 1. The van der Waals surface area contributed by atoms with Crippen LogP contribution in [0.25, 0.3) is 0 Å². The molecule has 0 unspecified atom stereocenters. The zero-order chi connectivity index (χ0) is 18.0. The molecular weight excluding hydrogens is 322 g/mol. The molecule has 0 spiro atoms. The van der Waals surface area contributed by atoms with Crippen LogP contribution in [-0.2, 0) is 14.9 Å². The minimum atomic E-state index is -0.885. The summed E-state index contributed by atoms with van der Waals surface area (Å²) in [5.74, 6) is 0.600. The van der Waals surface area contributed by atoms with Crippen molar-refractivity contribution in [3.05, 3.63) is 29.8 Å². The van der Waals surface area contributed by atoms with Gasteiger partial charge in [-0.2, -0.15) is 0 Å². The SMILES string of the molecule is CCN(C[C@@H]1COC[C@@H](O)[C@H]1O)C(=O)C1(c2ccc(OC)cc2)CC1. The van der Waals surface area contributed by atoms with Gasteiger partial charge in [0.2, 0.25) is 5.91 Å². The Labute approximate surface area is 148 Å². The van der Waals surface area contributed by atoms with Crippen molar-refractivity contribution in [2.75, 3.05) is 33.4 Å². The third kappa shape index (κ3) is 3.52. The number of likely N-dealkylation sites (N-methyl/N-ethyl adjacent to an activating group) is 1. The predicted octanol–water partition coefficient (Wildman–Crippen LogP) is 0.944. The monoisotopic (exact) mass is 349 g/mol. The average molecular weight is 349 g/mol. The van der Waals surface area contributed by atoms with E-state index in [2.05, 4.69) is 0 Å². The number of nitrogens with zero attached hydrogens (tertiary/aromatic N) is 1. The van der Waals surface area contributed by atoms with Crippen LogP contribution in [0, 0.1) is 5.92 Å². The van der Waals surface area contributed by atoms with Gasteiger partial charge in [0.05, 0.1) is 31.8 Å². The van der Waals surface area contributed by atoms with Crippen molar-refractivity contribution < 1.29 is 24.5 Å². The summed E-state index contributed by atoms with van der Waals surface area (Å²) in [6.45, 7) is 3.40. The lowest BCUT2D eigenvalue weighted by atomic mass is 9.92. The first-order valence-electron chi connectivity index (χ1n) is 8.89. The molecule has 2 fully saturated rings. The molecule has 25 heavy (non-hydrogen) atoms. The normalized spacial score (nSPS) is 27.6. The molecule has 1 heterocycles. The molecule has 3 atom stereocenters. The zero-order valence-corrected chi connectivity index (χ0v) is 14.9. The molecule has 1 saturated heterocycles. The van der Waals surface area contributed by atoms with Gasteiger partial charge in [-0.3, -0.25) is 4.79 Å². The largest absolute Gasteiger partial charge is 0.497 e. The van der Waals surface area contributed by atoms with Gasteiger partial charge in [0, 0.05) is 19.0 Å². The number of hydrogen-bond acceptors (Lipinski definition) is 5. The molecule has 2 N–H and O–H groups in total. The first kappa shape index (κ1) is 18.2. The fourth-order valence-corrected chi connectivity index (χ4v) is 3.61. The maximum Gasteiger partial charge on any atom is 0.233 e. The van der Waals surface area contributed by atoms with Gasteiger partial charge in [-0.25, -0.2) is 0 Å². The Hall–Kier alpha value is -1.63. The molecule has 1 aromatic carbocycles. The maximum absolute atomic E-state index is 13.2. The minimum Gasteiger partial charge on any atom is -0.497 e. The molecule has 1 amide bonds. The van der Waals surface area contributed by atoms with Crippen LogP contribution in [0.4, 0.5) is 0 Å². The molecule has 1 aromatic rings. The number of carbonyl (C=O) groups excluding carboxylic acids is 1. The molecule has 0 bridgehead atoms. The number of amides is 1. The van der Waals surface area contributed by atoms with E-state index in [4.69, 9.17) is 9.47 Å². The third-order valence-corrected chi connectivity index (χ3v) is 5.42. The Balaban J connectivity index is 1.73. The third-order valence-electron chi connectivity index (χ3n) is 5.42. The molecule has 1 saturated carbocycles. The van der Waals surface area contributed by atoms with Crippen molar-refractivity contribution in [1.82, 2.24) is 4.90 Å². The Kier molecular flexibility index (Phi) is 5.32. The summed E-state index contributed by atoms with van der Waals surface area (Å²) in [5.41, 5.74) is 0.554. The van der Waals surface area contributed by atoms with Crippen molar-refractivity contribution in [1.29, 1.82) is 0 Å². The number of ether oxygens (including phenoxy) is 2. The van der Waals surface area contributed by atoms with Crippen molar-refractivity contribution in [3.63, 3.8) is 0 Å². The van der Waals surface area contributed by atoms with Crippen molar-refractivity contribution in [2.45, 2.75) is 37.4 Å². The van der Waals surface area contributed by atoms with Gasteiger partial charge in [-0.15, -0.1) is 0 Å². The number of aliphatic hydroxyl groups is 2. The van der Waals surface area contributed by atoms with Crippen LogP contribution in [-0.4, -0.2) is 66.6 Å². The van der Waals surface area contributed by atoms with E-state index in [1.54, 1.807) is 12.0 Å². The fraction of sp³-hybridized carbons (Fsp3) is 0.632. The summed E-state index contributed by atoms with van der Waals surface area (Å²) < 4.78 is 10.5. The molecular formula is C19H27NO5. The van der Waals surface area contributed by atoms with Gasteiger partial charge < -0.3 is 24.6 Å². The topological polar surface area (TPSA) is 79.2 Å². The second kappa shape index (κ2) is 7.32. The van der Waals surface area contributed by atoms with E-state index in [1.807, 2.05) is 31.2 Å². The van der Waals surface area contributed by atoms with Gasteiger partial charge in [0.25, 0.3) is 0 Å². The van der Waals surface area contributed by atoms with Crippen LogP contribution in [0.2, 0.25) is 0 Å². The summed E-state index contributed by atoms with van der Waals surface area (Å²) in [5, 5.41) is 20.0. The molecule has 3 rings (SSSR count). The maximum atomic E-state index is 13.2. The molecule has 0 radical (unpaired) electrons. The summed E-state index contributed by atoms with van der Waals surface area (Å²) in [7, 11) is 1.62. The standard InChI is InChI=1S/C19H27NO5/c1-3-20(10-13-11-25-12-16(21)17(13)22)18(23)19(8-9-19)14-4-6-15(24-2)7-5-14/h4-7,13,16-17,21-22H,3,8-12H2,1-2H3/t13-,16-,17+/m1/s1. The minimum absolute atomic E-state index is 0.0902. The van der Waals surface area contributed by atoms with Gasteiger partial charge in [-0.05, 0) is 37.5 Å². The van der Waals surface area contributed by atoms with Gasteiger partial charge >= 0.3 is 0 Å². The summed E-state index contributed by atoms with van der Waals surface area (Å²) in [4.78, 5) is 15.0. The molecule has 1 aliphatic carbocycles. The van der Waals surface area contributed by atoms with E-state index in [-0.39, 0.29) is 18.4 Å². The highest BCUT2D eigenvalue weighted by Crippen LogP contribution is 2.50. The first-order chi connectivity index (χ1) is 12.0. The van der Waals surface area contributed by atoms with Gasteiger partial charge in [0.1, 0.15) is 11.9 Å². The highest BCUT2D eigenvalue weighted by atomic mass is 16.5. The number of benzene rings is 1. The lowest BCUT2D eigenvalue weighted by Crippen LogP contribution is -2.51. The molecule has 6 nitrogen and oxygen atoms in total. The van der Waals surface area contributed by atoms with Crippen LogP contribution < -0.4 is 4.74 Å². The van der Waals surface area contributed by atoms with Crippen LogP contribution in [0.15, 0.2) is 24.3 Å². The van der Waals surface area contributed by atoms with E-state index in [0.29, 0.717) is 19.7 Å². The molecule has 2 aliphatic rings. The molecule has 0 aromatic heterocycles. The highest BCUT2D eigenvalue weighted by Gasteiger charge is 2.53. The molecule has 1 aliphatic heterocycles. The second-order valence-electron chi connectivity index (χ2n) is 7.01. The zero-order valence-electron chi connectivity index (χ0n) is 14.9. The second-order valence-corrected chi connectivity index (χ2v) is 7.01. The van der Waals surface area contributed by atoms with E-state index < -0.39 is 17.6 Å². The number of aliphatic hydroxyl groups excluding tert-OH is 2. The predicted molar refractivity (Wildman–Crippen MR) is 92.5 cm³/mol. The van der Waals surface area contributed by atoms with Crippen molar-refractivity contribution in [2.24, 2.45) is 5.92 Å². The van der Waals surface area contributed by atoms with Gasteiger partial charge in [0.15, 0.2) is 0 Å². The first-order valence-corrected chi connectivity index (χ1v) is 8.89. The van der Waals surface area contributed by atoms with Crippen LogP contribution in [0.1, 0.15) is 25.3 Å². The lowest BCUT2D eigenvalue weighted by molar-refractivity contribution is -0.143. The highest BCUT2D eigenvalue weighted by molar-refractivity contribution is 5.91. The van der Waals surface area contributed by atoms with Crippen LogP contribution in [0.5, 0.6) is 5.75 Å². The van der Waals surface area contributed by atoms with Crippen molar-refractivity contribution in [3.8, 4) is 5.75 Å². The Morgan fingerprint density at radius 3 is 2.52 bits per heavy atom. The van der Waals surface area contributed by atoms with Crippen molar-refractivity contribution >= 4 is 5.91 Å². The lowest BCUT2D eigenvalue weighted by Gasteiger charge is -2.36. The van der Waals surface area contributed by atoms with E-state index in [0.717, 1.165) is 24.2 Å². The molecule has 6 heteroatoms. The number of rotatable bonds is 6. The smallest absolute Gasteiger partial charge is 0.233 e. The van der Waals surface area contributed by atoms with Crippen LogP contribution in [0.3, 0.4) is 0 Å². The Morgan fingerprint density at radius 1 is 1.28 bits per heavy atom. The van der Waals surface area contributed by atoms with E-state index >= 15 is 0 Å². The number of hydrogen-bond donors (Lipinski definition) is 2. The van der Waals surface area contributed by atoms with Crippen LogP contribution >= 0.6 is 0 Å². The van der Waals surface area contributed by atoms with E-state index in [9.17, 15) is 15.0 Å². The Morgan fingerprint density at radius 2 is 1.96 bits per heavy atom. The fourth-order valence-electron chi connectivity index (χ4n) is 3.61. The quantitative estimate of drug-likeness (QED) is 0.799. The van der Waals surface area contributed by atoms with E-state index in [1.165, 1.54) is 0 Å². The number of methoxy groups -OCH3 is 1. The summed E-state index contributed by atoms with van der Waals surface area (Å²) in [6.07, 6.45) is -0.0714.